The molecule has 1 aliphatic heterocycles. The molecule has 1 aromatic carbocycles. The maximum Gasteiger partial charge on any atom is 0.255 e. The molecule has 1 saturated heterocycles. The molecule has 0 aliphatic carbocycles. The van der Waals surface area contributed by atoms with E-state index in [1.165, 1.54) is 17.8 Å². The zero-order chi connectivity index (χ0) is 21.2. The number of hydrogen-bond acceptors (Lipinski definition) is 6. The van der Waals surface area contributed by atoms with E-state index in [2.05, 4.69) is 15.2 Å². The molecule has 1 amide bonds. The lowest BCUT2D eigenvalue weighted by atomic mass is 10.1. The van der Waals surface area contributed by atoms with Crippen LogP contribution in [-0.2, 0) is 0 Å². The summed E-state index contributed by atoms with van der Waals surface area (Å²) in [4.78, 5) is 31.3. The minimum Gasteiger partial charge on any atom is -0.439 e. The number of hydrogen-bond donors (Lipinski definition) is 1. The van der Waals surface area contributed by atoms with Gasteiger partial charge in [0.05, 0.1) is 0 Å². The molecule has 156 valence electrons. The van der Waals surface area contributed by atoms with Crippen molar-refractivity contribution in [1.82, 2.24) is 4.98 Å². The monoisotopic (exact) mass is 431 g/mol. The SMILES string of the molecule is O=C(Nc1cccc(-c2csc3c(=O)cc(N4CCCCC4)oc23)c1)c1ccncc1. The number of nitrogens with one attached hydrogen (secondary N) is 1. The van der Waals surface area contributed by atoms with Crippen LogP contribution < -0.4 is 15.6 Å². The molecule has 0 spiro atoms. The molecule has 0 atom stereocenters. The van der Waals surface area contributed by atoms with Gasteiger partial charge in [-0.1, -0.05) is 12.1 Å². The smallest absolute Gasteiger partial charge is 0.255 e. The van der Waals surface area contributed by atoms with Crippen molar-refractivity contribution in [3.63, 3.8) is 0 Å². The number of pyridine rings is 1. The first kappa shape index (κ1) is 19.5. The van der Waals surface area contributed by atoms with Gasteiger partial charge in [-0.2, -0.15) is 0 Å². The number of piperidine rings is 1. The Hall–Kier alpha value is -3.45. The van der Waals surface area contributed by atoms with E-state index < -0.39 is 0 Å². The molecule has 4 aromatic rings. The van der Waals surface area contributed by atoms with Crippen LogP contribution in [-0.4, -0.2) is 24.0 Å². The molecular formula is C24H21N3O3S. The Morgan fingerprint density at radius 2 is 1.87 bits per heavy atom. The summed E-state index contributed by atoms with van der Waals surface area (Å²) in [5.41, 5.74) is 3.55. The minimum atomic E-state index is -0.200. The minimum absolute atomic E-state index is 0.0137. The molecule has 7 heteroatoms. The van der Waals surface area contributed by atoms with Gasteiger partial charge in [0, 0.05) is 53.7 Å². The molecule has 6 nitrogen and oxygen atoms in total. The molecule has 5 rings (SSSR count). The first-order valence-electron chi connectivity index (χ1n) is 10.3. The van der Waals surface area contributed by atoms with Gasteiger partial charge in [-0.25, -0.2) is 0 Å². The number of carbonyl (C=O) groups excluding carboxylic acids is 1. The normalized spacial score (nSPS) is 14.0. The van der Waals surface area contributed by atoms with Gasteiger partial charge < -0.3 is 14.6 Å². The molecule has 0 bridgehead atoms. The number of fused-ring (bicyclic) bond motifs is 1. The topological polar surface area (TPSA) is 75.4 Å². The lowest BCUT2D eigenvalue weighted by molar-refractivity contribution is 0.102. The van der Waals surface area contributed by atoms with Crippen LogP contribution in [0.2, 0.25) is 0 Å². The van der Waals surface area contributed by atoms with Crippen LogP contribution in [0.25, 0.3) is 21.4 Å². The summed E-state index contributed by atoms with van der Waals surface area (Å²) in [5, 5.41) is 4.86. The Morgan fingerprint density at radius 1 is 1.06 bits per heavy atom. The highest BCUT2D eigenvalue weighted by Crippen LogP contribution is 2.35. The fourth-order valence-electron chi connectivity index (χ4n) is 3.87. The van der Waals surface area contributed by atoms with Gasteiger partial charge in [-0.15, -0.1) is 11.3 Å². The summed E-state index contributed by atoms with van der Waals surface area (Å²) in [6.07, 6.45) is 6.61. The first-order chi connectivity index (χ1) is 15.2. The zero-order valence-electron chi connectivity index (χ0n) is 16.8. The Labute approximate surface area is 183 Å². The highest BCUT2D eigenvalue weighted by atomic mass is 32.1. The predicted molar refractivity (Wildman–Crippen MR) is 124 cm³/mol. The van der Waals surface area contributed by atoms with Crippen LogP contribution in [0, 0.1) is 0 Å². The zero-order valence-corrected chi connectivity index (χ0v) is 17.7. The summed E-state index contributed by atoms with van der Waals surface area (Å²) in [6.45, 7) is 1.81. The van der Waals surface area contributed by atoms with Crippen LogP contribution in [0.15, 0.2) is 69.5 Å². The molecule has 31 heavy (non-hydrogen) atoms. The van der Waals surface area contributed by atoms with E-state index in [9.17, 15) is 9.59 Å². The fourth-order valence-corrected chi connectivity index (χ4v) is 4.78. The second kappa shape index (κ2) is 8.35. The first-order valence-corrected chi connectivity index (χ1v) is 11.2. The average molecular weight is 432 g/mol. The largest absolute Gasteiger partial charge is 0.439 e. The van der Waals surface area contributed by atoms with E-state index in [0.717, 1.165) is 37.1 Å². The standard InChI is InChI=1S/C24H21N3O3S/c28-20-14-21(27-11-2-1-3-12-27)30-22-19(15-31-23(20)22)17-5-4-6-18(13-17)26-24(29)16-7-9-25-10-8-16/h4-10,13-15H,1-3,11-12H2,(H,26,29). The van der Waals surface area contributed by atoms with Crippen molar-refractivity contribution in [3.05, 3.63) is 76.0 Å². The molecule has 0 unspecified atom stereocenters. The third-order valence-corrected chi connectivity index (χ3v) is 6.45. The van der Waals surface area contributed by atoms with Crippen LogP contribution in [0.1, 0.15) is 29.6 Å². The van der Waals surface area contributed by atoms with Crippen molar-refractivity contribution in [1.29, 1.82) is 0 Å². The molecular weight excluding hydrogens is 410 g/mol. The van der Waals surface area contributed by atoms with Crippen molar-refractivity contribution in [2.45, 2.75) is 19.3 Å². The van der Waals surface area contributed by atoms with Crippen molar-refractivity contribution in [3.8, 4) is 11.1 Å². The van der Waals surface area contributed by atoms with Gasteiger partial charge in [-0.05, 0) is 49.1 Å². The van der Waals surface area contributed by atoms with Gasteiger partial charge in [0.15, 0.2) is 11.5 Å². The van der Waals surface area contributed by atoms with Gasteiger partial charge in [0.2, 0.25) is 5.43 Å². The lowest BCUT2D eigenvalue weighted by Crippen LogP contribution is -2.29. The van der Waals surface area contributed by atoms with Crippen molar-refractivity contribution < 1.29 is 9.21 Å². The average Bonchev–Trinajstić information content (AvgIpc) is 3.25. The second-order valence-corrected chi connectivity index (χ2v) is 8.45. The predicted octanol–water partition coefficient (Wildman–Crippen LogP) is 5.16. The van der Waals surface area contributed by atoms with Crippen LogP contribution in [0.5, 0.6) is 0 Å². The number of benzene rings is 1. The Morgan fingerprint density at radius 3 is 2.68 bits per heavy atom. The number of rotatable bonds is 4. The highest BCUT2D eigenvalue weighted by Gasteiger charge is 2.18. The number of thiophene rings is 1. The molecule has 4 heterocycles. The number of nitrogens with zero attached hydrogens (tertiary/aromatic N) is 2. The summed E-state index contributed by atoms with van der Waals surface area (Å²) < 4.78 is 6.85. The third kappa shape index (κ3) is 3.96. The van der Waals surface area contributed by atoms with Crippen LogP contribution in [0.3, 0.4) is 0 Å². The Kier molecular flexibility index (Phi) is 5.26. The number of amides is 1. The van der Waals surface area contributed by atoms with Gasteiger partial charge in [0.25, 0.3) is 5.91 Å². The fraction of sp³-hybridized carbons (Fsp3) is 0.208. The van der Waals surface area contributed by atoms with E-state index in [4.69, 9.17) is 4.42 Å². The van der Waals surface area contributed by atoms with Crippen LogP contribution >= 0.6 is 11.3 Å². The number of carbonyl (C=O) groups is 1. The maximum atomic E-state index is 12.7. The Bertz CT molecular complexity index is 1290. The molecule has 1 N–H and O–H groups in total. The molecule has 1 aliphatic rings. The molecule has 0 radical (unpaired) electrons. The van der Waals surface area contributed by atoms with Gasteiger partial charge >= 0.3 is 0 Å². The molecule has 0 saturated carbocycles. The van der Waals surface area contributed by atoms with Gasteiger partial charge in [-0.3, -0.25) is 14.6 Å². The summed E-state index contributed by atoms with van der Waals surface area (Å²) >= 11 is 1.39. The van der Waals surface area contributed by atoms with E-state index in [1.807, 2.05) is 29.6 Å². The van der Waals surface area contributed by atoms with Crippen molar-refractivity contribution in [2.75, 3.05) is 23.3 Å². The summed E-state index contributed by atoms with van der Waals surface area (Å²) in [6, 6.07) is 12.5. The van der Waals surface area contributed by atoms with Crippen molar-refractivity contribution in [2.24, 2.45) is 0 Å². The van der Waals surface area contributed by atoms with Gasteiger partial charge in [0.1, 0.15) is 4.70 Å². The number of aromatic nitrogens is 1. The van der Waals surface area contributed by atoms with E-state index in [-0.39, 0.29) is 11.3 Å². The number of anilines is 2. The van der Waals surface area contributed by atoms with E-state index in [1.54, 1.807) is 30.6 Å². The Balaban J connectivity index is 1.49. The van der Waals surface area contributed by atoms with Crippen LogP contribution in [0.4, 0.5) is 11.6 Å². The van der Waals surface area contributed by atoms with E-state index in [0.29, 0.717) is 27.4 Å². The maximum absolute atomic E-state index is 12.7. The summed E-state index contributed by atoms with van der Waals surface area (Å²) in [5.74, 6) is 0.438. The van der Waals surface area contributed by atoms with Crippen molar-refractivity contribution >= 4 is 39.1 Å². The van der Waals surface area contributed by atoms with E-state index >= 15 is 0 Å². The third-order valence-electron chi connectivity index (χ3n) is 5.47. The summed E-state index contributed by atoms with van der Waals surface area (Å²) in [7, 11) is 0. The quantitative estimate of drug-likeness (QED) is 0.483. The lowest BCUT2D eigenvalue weighted by Gasteiger charge is -2.26. The highest BCUT2D eigenvalue weighted by molar-refractivity contribution is 7.17. The second-order valence-electron chi connectivity index (χ2n) is 7.58. The molecule has 1 fully saturated rings. The molecule has 3 aromatic heterocycles.